The molecule has 1 N–H and O–H groups in total. The Morgan fingerprint density at radius 1 is 1.45 bits per heavy atom. The first-order valence-electron chi connectivity index (χ1n) is 7.86. The predicted molar refractivity (Wildman–Crippen MR) is 80.8 cm³/mol. The molecule has 0 aromatic carbocycles. The van der Waals surface area contributed by atoms with Crippen molar-refractivity contribution < 1.29 is 4.79 Å². The molecule has 4 rings (SSSR count). The topological polar surface area (TPSA) is 32.3 Å². The Hall–Kier alpha value is -0.870. The zero-order chi connectivity index (χ0) is 13.7. The second kappa shape index (κ2) is 4.85. The minimum Gasteiger partial charge on any atom is -0.334 e. The number of thiophene rings is 1. The number of amides is 1. The van der Waals surface area contributed by atoms with Crippen LogP contribution in [0.1, 0.15) is 42.7 Å². The Morgan fingerprint density at radius 3 is 3.25 bits per heavy atom. The van der Waals surface area contributed by atoms with Gasteiger partial charge in [0.2, 0.25) is 5.91 Å². The third kappa shape index (κ3) is 1.85. The smallest absolute Gasteiger partial charge is 0.240 e. The van der Waals surface area contributed by atoms with E-state index < -0.39 is 0 Å². The molecule has 1 aliphatic carbocycles. The van der Waals surface area contributed by atoms with Gasteiger partial charge in [0, 0.05) is 11.4 Å². The highest BCUT2D eigenvalue weighted by atomic mass is 32.1. The van der Waals surface area contributed by atoms with Gasteiger partial charge in [0.1, 0.15) is 0 Å². The van der Waals surface area contributed by atoms with Crippen molar-refractivity contribution in [1.82, 2.24) is 10.2 Å². The summed E-state index contributed by atoms with van der Waals surface area (Å²) in [4.78, 5) is 16.5. The Balaban J connectivity index is 1.55. The van der Waals surface area contributed by atoms with Crippen LogP contribution in [0, 0.1) is 11.8 Å². The van der Waals surface area contributed by atoms with Gasteiger partial charge in [-0.1, -0.05) is 6.42 Å². The minimum absolute atomic E-state index is 0.0881. The highest BCUT2D eigenvalue weighted by molar-refractivity contribution is 7.10. The van der Waals surface area contributed by atoms with Crippen molar-refractivity contribution in [2.75, 3.05) is 13.1 Å². The molecule has 1 saturated carbocycles. The van der Waals surface area contributed by atoms with Crippen LogP contribution in [0.4, 0.5) is 0 Å². The maximum Gasteiger partial charge on any atom is 0.240 e. The summed E-state index contributed by atoms with van der Waals surface area (Å²) in [6.45, 7) is 4.12. The molecule has 108 valence electrons. The number of hydrogen-bond acceptors (Lipinski definition) is 3. The van der Waals surface area contributed by atoms with Crippen molar-refractivity contribution in [2.45, 2.75) is 44.7 Å². The fourth-order valence-corrected chi connectivity index (χ4v) is 5.41. The summed E-state index contributed by atoms with van der Waals surface area (Å²) in [5.41, 5.74) is 1.37. The van der Waals surface area contributed by atoms with Gasteiger partial charge in [-0.05, 0) is 61.6 Å². The van der Waals surface area contributed by atoms with Gasteiger partial charge in [0.05, 0.1) is 12.1 Å². The molecule has 2 fully saturated rings. The van der Waals surface area contributed by atoms with Crippen molar-refractivity contribution in [2.24, 2.45) is 11.8 Å². The van der Waals surface area contributed by atoms with E-state index in [1.165, 1.54) is 29.7 Å². The fourth-order valence-electron chi connectivity index (χ4n) is 4.45. The number of carbonyl (C=O) groups is 1. The van der Waals surface area contributed by atoms with Gasteiger partial charge in [-0.25, -0.2) is 0 Å². The largest absolute Gasteiger partial charge is 0.334 e. The number of nitrogens with one attached hydrogen (secondary N) is 1. The zero-order valence-corrected chi connectivity index (χ0v) is 12.8. The molecule has 4 unspecified atom stereocenters. The van der Waals surface area contributed by atoms with Gasteiger partial charge in [-0.15, -0.1) is 11.3 Å². The summed E-state index contributed by atoms with van der Waals surface area (Å²) in [5.74, 6) is 1.70. The summed E-state index contributed by atoms with van der Waals surface area (Å²) in [6.07, 6.45) is 4.89. The Labute approximate surface area is 124 Å². The molecule has 1 aromatic heterocycles. The first-order valence-corrected chi connectivity index (χ1v) is 8.74. The van der Waals surface area contributed by atoms with E-state index >= 15 is 0 Å². The van der Waals surface area contributed by atoms with Crippen LogP contribution >= 0.6 is 11.3 Å². The molecule has 2 aliphatic heterocycles. The van der Waals surface area contributed by atoms with E-state index in [1.54, 1.807) is 0 Å². The molecule has 0 spiro atoms. The summed E-state index contributed by atoms with van der Waals surface area (Å²) < 4.78 is 0. The first kappa shape index (κ1) is 12.8. The van der Waals surface area contributed by atoms with E-state index in [1.807, 2.05) is 11.3 Å². The first-order chi connectivity index (χ1) is 9.75. The highest BCUT2D eigenvalue weighted by Crippen LogP contribution is 2.40. The second-order valence-corrected chi connectivity index (χ2v) is 7.50. The molecule has 3 aliphatic rings. The van der Waals surface area contributed by atoms with Gasteiger partial charge in [0.15, 0.2) is 0 Å². The van der Waals surface area contributed by atoms with Gasteiger partial charge in [-0.3, -0.25) is 4.79 Å². The van der Waals surface area contributed by atoms with E-state index in [4.69, 9.17) is 0 Å². The Morgan fingerprint density at radius 2 is 2.35 bits per heavy atom. The molecule has 3 heterocycles. The Bertz CT molecular complexity index is 526. The molecule has 3 nitrogen and oxygen atoms in total. The summed E-state index contributed by atoms with van der Waals surface area (Å²) in [7, 11) is 0. The number of fused-ring (bicyclic) bond motifs is 2. The van der Waals surface area contributed by atoms with Crippen LogP contribution in [0.2, 0.25) is 0 Å². The van der Waals surface area contributed by atoms with E-state index in [0.29, 0.717) is 11.8 Å². The molecule has 1 saturated heterocycles. The molecule has 0 radical (unpaired) electrons. The number of rotatable bonds is 1. The molecule has 0 bridgehead atoms. The van der Waals surface area contributed by atoms with Crippen molar-refractivity contribution in [3.05, 3.63) is 21.9 Å². The van der Waals surface area contributed by atoms with Crippen molar-refractivity contribution in [1.29, 1.82) is 0 Å². The minimum atomic E-state index is 0.0881. The summed E-state index contributed by atoms with van der Waals surface area (Å²) in [6, 6.07) is 2.54. The quantitative estimate of drug-likeness (QED) is 0.862. The average Bonchev–Trinajstić information content (AvgIpc) is 3.14. The molecular weight excluding hydrogens is 268 g/mol. The lowest BCUT2D eigenvalue weighted by Gasteiger charge is -2.36. The zero-order valence-electron chi connectivity index (χ0n) is 12.0. The third-order valence-electron chi connectivity index (χ3n) is 5.57. The van der Waals surface area contributed by atoms with E-state index in [0.717, 1.165) is 25.4 Å². The van der Waals surface area contributed by atoms with Crippen LogP contribution in [0.3, 0.4) is 0 Å². The lowest BCUT2D eigenvalue weighted by Crippen LogP contribution is -2.49. The van der Waals surface area contributed by atoms with Gasteiger partial charge in [-0.2, -0.15) is 0 Å². The van der Waals surface area contributed by atoms with Gasteiger partial charge >= 0.3 is 0 Å². The molecule has 4 heteroatoms. The van der Waals surface area contributed by atoms with Crippen LogP contribution < -0.4 is 5.32 Å². The third-order valence-corrected chi connectivity index (χ3v) is 6.57. The van der Waals surface area contributed by atoms with Gasteiger partial charge < -0.3 is 10.2 Å². The SMILES string of the molecule is CC1c2ccsc2CCN1C(=O)C1NCC2CCCC21. The highest BCUT2D eigenvalue weighted by Gasteiger charge is 2.45. The second-order valence-electron chi connectivity index (χ2n) is 6.50. The number of carbonyl (C=O) groups excluding carboxylic acids is 1. The molecular formula is C16H22N2OS. The van der Waals surface area contributed by atoms with E-state index in [-0.39, 0.29) is 12.1 Å². The van der Waals surface area contributed by atoms with Crippen molar-refractivity contribution in [3.63, 3.8) is 0 Å². The van der Waals surface area contributed by atoms with E-state index in [2.05, 4.69) is 28.6 Å². The lowest BCUT2D eigenvalue weighted by molar-refractivity contribution is -0.136. The van der Waals surface area contributed by atoms with Crippen LogP contribution in [0.25, 0.3) is 0 Å². The van der Waals surface area contributed by atoms with Gasteiger partial charge in [0.25, 0.3) is 0 Å². The number of nitrogens with zero attached hydrogens (tertiary/aromatic N) is 1. The predicted octanol–water partition coefficient (Wildman–Crippen LogP) is 2.58. The maximum absolute atomic E-state index is 13.0. The standard InChI is InChI=1S/C16H22N2OS/c1-10-12-6-8-20-14(12)5-7-18(10)16(19)15-13-4-2-3-11(13)9-17-15/h6,8,10-11,13,15,17H,2-5,7,9H2,1H3. The van der Waals surface area contributed by atoms with E-state index in [9.17, 15) is 4.79 Å². The van der Waals surface area contributed by atoms with Crippen LogP contribution in [0.5, 0.6) is 0 Å². The molecule has 20 heavy (non-hydrogen) atoms. The maximum atomic E-state index is 13.0. The molecule has 4 atom stereocenters. The average molecular weight is 290 g/mol. The molecule has 1 aromatic rings. The van der Waals surface area contributed by atoms with Crippen LogP contribution in [0.15, 0.2) is 11.4 Å². The molecule has 1 amide bonds. The van der Waals surface area contributed by atoms with Crippen molar-refractivity contribution >= 4 is 17.2 Å². The number of hydrogen-bond donors (Lipinski definition) is 1. The van der Waals surface area contributed by atoms with Crippen LogP contribution in [-0.4, -0.2) is 29.9 Å². The lowest BCUT2D eigenvalue weighted by atomic mass is 9.92. The Kier molecular flexibility index (Phi) is 3.11. The van der Waals surface area contributed by atoms with Crippen LogP contribution in [-0.2, 0) is 11.2 Å². The fraction of sp³-hybridized carbons (Fsp3) is 0.688. The summed E-state index contributed by atoms with van der Waals surface area (Å²) >= 11 is 1.84. The monoisotopic (exact) mass is 290 g/mol. The normalized spacial score (nSPS) is 36.0. The van der Waals surface area contributed by atoms with Crippen molar-refractivity contribution in [3.8, 4) is 0 Å². The summed E-state index contributed by atoms with van der Waals surface area (Å²) in [5, 5.41) is 5.67.